The highest BCUT2D eigenvalue weighted by atomic mass is 32.1. The van der Waals surface area contributed by atoms with Gasteiger partial charge in [-0.05, 0) is 29.7 Å². The average Bonchev–Trinajstić information content (AvgIpc) is 3.17. The molecular formula is C15H11N3O2S. The highest BCUT2D eigenvalue weighted by Gasteiger charge is 2.12. The van der Waals surface area contributed by atoms with Crippen LogP contribution in [0.15, 0.2) is 54.0 Å². The summed E-state index contributed by atoms with van der Waals surface area (Å²) >= 11 is 1.38. The van der Waals surface area contributed by atoms with E-state index in [1.165, 1.54) is 22.2 Å². The van der Waals surface area contributed by atoms with Crippen LogP contribution >= 0.6 is 11.3 Å². The number of hydrogen-bond donors (Lipinski definition) is 1. The summed E-state index contributed by atoms with van der Waals surface area (Å²) in [4.78, 5) is 13.5. The molecule has 2 aromatic heterocycles. The number of thiophene rings is 1. The smallest absolute Gasteiger partial charge is 0.337 e. The summed E-state index contributed by atoms with van der Waals surface area (Å²) in [7, 11) is 0. The molecule has 0 fully saturated rings. The van der Waals surface area contributed by atoms with E-state index < -0.39 is 5.97 Å². The molecule has 6 heteroatoms. The molecule has 0 aliphatic rings. The Labute approximate surface area is 124 Å². The van der Waals surface area contributed by atoms with Crippen molar-refractivity contribution in [2.75, 3.05) is 0 Å². The Balaban J connectivity index is 1.96. The van der Waals surface area contributed by atoms with Crippen molar-refractivity contribution in [1.29, 1.82) is 0 Å². The third-order valence-corrected chi connectivity index (χ3v) is 3.71. The van der Waals surface area contributed by atoms with E-state index in [1.807, 2.05) is 41.8 Å². The Morgan fingerprint density at radius 1 is 1.19 bits per heavy atom. The van der Waals surface area contributed by atoms with Crippen LogP contribution in [0.1, 0.15) is 10.6 Å². The summed E-state index contributed by atoms with van der Waals surface area (Å²) in [6.07, 6.45) is 3.07. The molecule has 21 heavy (non-hydrogen) atoms. The van der Waals surface area contributed by atoms with Gasteiger partial charge < -0.3 is 5.11 Å². The highest BCUT2D eigenvalue weighted by molar-refractivity contribution is 7.11. The van der Waals surface area contributed by atoms with Gasteiger partial charge in [-0.3, -0.25) is 0 Å². The van der Waals surface area contributed by atoms with E-state index in [4.69, 9.17) is 0 Å². The van der Waals surface area contributed by atoms with Crippen molar-refractivity contribution in [3.05, 3.63) is 64.6 Å². The van der Waals surface area contributed by atoms with E-state index in [0.717, 1.165) is 5.69 Å². The van der Waals surface area contributed by atoms with E-state index in [1.54, 1.807) is 12.3 Å². The fraction of sp³-hybridized carbons (Fsp3) is 0. The maximum Gasteiger partial charge on any atom is 0.337 e. The molecule has 0 aliphatic carbocycles. The summed E-state index contributed by atoms with van der Waals surface area (Å²) in [5, 5.41) is 19.6. The SMILES string of the molecule is O=C(O)/C(=C\c1cnn(-c2ccccc2)n1)c1cccs1. The third-order valence-electron chi connectivity index (χ3n) is 2.81. The van der Waals surface area contributed by atoms with Crippen molar-refractivity contribution < 1.29 is 9.90 Å². The molecule has 0 radical (unpaired) electrons. The van der Waals surface area contributed by atoms with Gasteiger partial charge in [0.2, 0.25) is 0 Å². The topological polar surface area (TPSA) is 68.0 Å². The molecule has 1 N–H and O–H groups in total. The quantitative estimate of drug-likeness (QED) is 0.752. The number of carboxylic acids is 1. The summed E-state index contributed by atoms with van der Waals surface area (Å²) in [5.41, 5.74) is 1.54. The van der Waals surface area contributed by atoms with Crippen molar-refractivity contribution >= 4 is 29.0 Å². The molecule has 0 saturated heterocycles. The number of nitrogens with zero attached hydrogens (tertiary/aromatic N) is 3. The second-order valence-corrected chi connectivity index (χ2v) is 5.18. The predicted molar refractivity (Wildman–Crippen MR) is 81.2 cm³/mol. The highest BCUT2D eigenvalue weighted by Crippen LogP contribution is 2.22. The summed E-state index contributed by atoms with van der Waals surface area (Å²) in [6, 6.07) is 13.0. The minimum Gasteiger partial charge on any atom is -0.478 e. The van der Waals surface area contributed by atoms with Crippen molar-refractivity contribution in [3.8, 4) is 5.69 Å². The first kappa shape index (κ1) is 13.3. The molecule has 1 aromatic carbocycles. The van der Waals surface area contributed by atoms with E-state index in [2.05, 4.69) is 10.2 Å². The molecule has 3 rings (SSSR count). The van der Waals surface area contributed by atoms with Crippen LogP contribution in [0.4, 0.5) is 0 Å². The second-order valence-electron chi connectivity index (χ2n) is 4.23. The fourth-order valence-corrected chi connectivity index (χ4v) is 2.58. The number of hydrogen-bond acceptors (Lipinski definition) is 4. The van der Waals surface area contributed by atoms with Crippen LogP contribution < -0.4 is 0 Å². The first-order valence-electron chi connectivity index (χ1n) is 6.21. The molecular weight excluding hydrogens is 286 g/mol. The van der Waals surface area contributed by atoms with Crippen LogP contribution in [0.5, 0.6) is 0 Å². The second kappa shape index (κ2) is 5.72. The Bertz CT molecular complexity index is 776. The van der Waals surface area contributed by atoms with Crippen LogP contribution in [0.25, 0.3) is 17.3 Å². The first-order chi connectivity index (χ1) is 10.2. The van der Waals surface area contributed by atoms with Gasteiger partial charge in [-0.1, -0.05) is 24.3 Å². The van der Waals surface area contributed by atoms with Crippen LogP contribution in [-0.4, -0.2) is 26.1 Å². The van der Waals surface area contributed by atoms with Gasteiger partial charge in [-0.2, -0.15) is 9.90 Å². The van der Waals surface area contributed by atoms with E-state index in [-0.39, 0.29) is 5.57 Å². The number of benzene rings is 1. The van der Waals surface area contributed by atoms with Gasteiger partial charge in [0.25, 0.3) is 0 Å². The number of aromatic nitrogens is 3. The van der Waals surface area contributed by atoms with Gasteiger partial charge >= 0.3 is 5.97 Å². The van der Waals surface area contributed by atoms with Gasteiger partial charge in [0.05, 0.1) is 17.5 Å². The molecule has 0 atom stereocenters. The summed E-state index contributed by atoms with van der Waals surface area (Å²) in [6.45, 7) is 0. The molecule has 5 nitrogen and oxygen atoms in total. The van der Waals surface area contributed by atoms with Gasteiger partial charge in [0.1, 0.15) is 5.69 Å². The fourth-order valence-electron chi connectivity index (χ4n) is 1.84. The number of carboxylic acid groups (broad SMARTS) is 1. The van der Waals surface area contributed by atoms with E-state index >= 15 is 0 Å². The van der Waals surface area contributed by atoms with Crippen LogP contribution in [0, 0.1) is 0 Å². The minimum absolute atomic E-state index is 0.213. The van der Waals surface area contributed by atoms with Gasteiger partial charge in [0, 0.05) is 4.88 Å². The Kier molecular flexibility index (Phi) is 3.61. The monoisotopic (exact) mass is 297 g/mol. The van der Waals surface area contributed by atoms with Gasteiger partial charge in [-0.15, -0.1) is 16.4 Å². The lowest BCUT2D eigenvalue weighted by Gasteiger charge is -1.98. The minimum atomic E-state index is -0.980. The standard InChI is InChI=1S/C15H11N3O2S/c19-15(20)13(14-7-4-8-21-14)9-11-10-16-18(17-11)12-5-2-1-3-6-12/h1-10H,(H,19,20)/b13-9-. The Morgan fingerprint density at radius 3 is 2.67 bits per heavy atom. The molecule has 0 bridgehead atoms. The zero-order valence-corrected chi connectivity index (χ0v) is 11.7. The lowest BCUT2D eigenvalue weighted by atomic mass is 10.2. The lowest BCUT2D eigenvalue weighted by molar-refractivity contribution is -0.130. The molecule has 0 unspecified atom stereocenters. The summed E-state index contributed by atoms with van der Waals surface area (Å²) in [5.74, 6) is -0.980. The van der Waals surface area contributed by atoms with Crippen molar-refractivity contribution in [2.45, 2.75) is 0 Å². The van der Waals surface area contributed by atoms with Gasteiger partial charge in [0.15, 0.2) is 0 Å². The van der Waals surface area contributed by atoms with Crippen LogP contribution in [0.3, 0.4) is 0 Å². The molecule has 0 amide bonds. The number of aliphatic carboxylic acids is 1. The van der Waals surface area contributed by atoms with Crippen molar-refractivity contribution in [1.82, 2.24) is 15.0 Å². The zero-order chi connectivity index (χ0) is 14.7. The molecule has 0 aliphatic heterocycles. The van der Waals surface area contributed by atoms with Gasteiger partial charge in [-0.25, -0.2) is 4.79 Å². The largest absolute Gasteiger partial charge is 0.478 e. The normalized spacial score (nSPS) is 11.5. The lowest BCUT2D eigenvalue weighted by Crippen LogP contribution is -1.99. The predicted octanol–water partition coefficient (Wildman–Crippen LogP) is 2.95. The number of carbonyl (C=O) groups is 1. The van der Waals surface area contributed by atoms with E-state index in [0.29, 0.717) is 10.6 Å². The Hall–Kier alpha value is -2.73. The van der Waals surface area contributed by atoms with Crippen LogP contribution in [0.2, 0.25) is 0 Å². The van der Waals surface area contributed by atoms with Crippen LogP contribution in [-0.2, 0) is 4.79 Å². The molecule has 3 aromatic rings. The number of rotatable bonds is 4. The molecule has 104 valence electrons. The molecule has 0 spiro atoms. The van der Waals surface area contributed by atoms with Crippen molar-refractivity contribution in [3.63, 3.8) is 0 Å². The average molecular weight is 297 g/mol. The molecule has 2 heterocycles. The van der Waals surface area contributed by atoms with Crippen molar-refractivity contribution in [2.24, 2.45) is 0 Å². The first-order valence-corrected chi connectivity index (χ1v) is 7.08. The molecule has 0 saturated carbocycles. The maximum atomic E-state index is 11.4. The number of para-hydroxylation sites is 1. The summed E-state index contributed by atoms with van der Waals surface area (Å²) < 4.78 is 0. The maximum absolute atomic E-state index is 11.4. The Morgan fingerprint density at radius 2 is 2.00 bits per heavy atom. The third kappa shape index (κ3) is 2.90. The van der Waals surface area contributed by atoms with E-state index in [9.17, 15) is 9.90 Å². The zero-order valence-electron chi connectivity index (χ0n) is 10.9.